The average molecular weight is 464 g/mol. The maximum Gasteiger partial charge on any atom is 0.229 e. The molecule has 0 aliphatic carbocycles. The van der Waals surface area contributed by atoms with Gasteiger partial charge in [-0.1, -0.05) is 24.3 Å². The monoisotopic (exact) mass is 464 g/mol. The van der Waals surface area contributed by atoms with Gasteiger partial charge in [-0.3, -0.25) is 4.79 Å². The highest BCUT2D eigenvalue weighted by atomic mass is 19.2. The van der Waals surface area contributed by atoms with Gasteiger partial charge in [0.15, 0.2) is 11.6 Å². The zero-order chi connectivity index (χ0) is 23.3. The maximum atomic E-state index is 14.2. The van der Waals surface area contributed by atoms with E-state index in [1.54, 1.807) is 4.90 Å². The minimum absolute atomic E-state index is 0.119. The molecule has 4 heterocycles. The van der Waals surface area contributed by atoms with Crippen LogP contribution in [0.15, 0.2) is 48.8 Å². The molecule has 1 aromatic heterocycles. The molecule has 2 aromatic carbocycles. The molecule has 2 saturated heterocycles. The summed E-state index contributed by atoms with van der Waals surface area (Å²) in [7, 11) is 0. The van der Waals surface area contributed by atoms with Crippen molar-refractivity contribution < 1.29 is 23.0 Å². The van der Waals surface area contributed by atoms with Crippen LogP contribution in [-0.2, 0) is 19.7 Å². The first kappa shape index (κ1) is 21.1. The van der Waals surface area contributed by atoms with Crippen LogP contribution in [0.2, 0.25) is 0 Å². The second-order valence-corrected chi connectivity index (χ2v) is 8.97. The Hall–Kier alpha value is -3.43. The first-order valence-corrected chi connectivity index (χ1v) is 11.2. The Kier molecular flexibility index (Phi) is 5.04. The lowest BCUT2D eigenvalue weighted by Gasteiger charge is -2.38. The molecule has 3 aliphatic rings. The molecule has 1 atom stereocenters. The van der Waals surface area contributed by atoms with Crippen molar-refractivity contribution in [1.29, 1.82) is 0 Å². The summed E-state index contributed by atoms with van der Waals surface area (Å²) in [6.45, 7) is 3.46. The molecule has 3 aliphatic heterocycles. The average Bonchev–Trinajstić information content (AvgIpc) is 3.21. The van der Waals surface area contributed by atoms with Gasteiger partial charge in [0.05, 0.1) is 31.8 Å². The SMILES string of the molecule is O=CN1CCOC(c2ccc3c(c2)N(c2ncc(-c4cccc(F)c4F)cn2)CC32COC2)C1. The minimum Gasteiger partial charge on any atom is -0.379 e. The number of rotatable bonds is 4. The lowest BCUT2D eigenvalue weighted by atomic mass is 9.80. The summed E-state index contributed by atoms with van der Waals surface area (Å²) in [4.78, 5) is 24.0. The topological polar surface area (TPSA) is 67.8 Å². The first-order valence-electron chi connectivity index (χ1n) is 11.2. The molecule has 0 bridgehead atoms. The molecule has 0 N–H and O–H groups in total. The van der Waals surface area contributed by atoms with Crippen molar-refractivity contribution in [1.82, 2.24) is 14.9 Å². The third kappa shape index (κ3) is 3.35. The molecular weight excluding hydrogens is 442 g/mol. The fraction of sp³-hybridized carbons (Fsp3) is 0.320. The molecule has 6 rings (SSSR count). The molecule has 7 nitrogen and oxygen atoms in total. The number of fused-ring (bicyclic) bond motifs is 2. The van der Waals surface area contributed by atoms with Gasteiger partial charge in [0.2, 0.25) is 12.4 Å². The van der Waals surface area contributed by atoms with E-state index in [4.69, 9.17) is 9.47 Å². The molecule has 1 unspecified atom stereocenters. The maximum absolute atomic E-state index is 14.2. The van der Waals surface area contributed by atoms with Gasteiger partial charge in [-0.2, -0.15) is 0 Å². The van der Waals surface area contributed by atoms with Crippen molar-refractivity contribution in [3.63, 3.8) is 0 Å². The van der Waals surface area contributed by atoms with Gasteiger partial charge in [-0.15, -0.1) is 0 Å². The highest BCUT2D eigenvalue weighted by molar-refractivity contribution is 5.72. The van der Waals surface area contributed by atoms with E-state index < -0.39 is 11.6 Å². The van der Waals surface area contributed by atoms with Crippen LogP contribution in [-0.4, -0.2) is 60.7 Å². The number of nitrogens with zero attached hydrogens (tertiary/aromatic N) is 4. The van der Waals surface area contributed by atoms with Gasteiger partial charge in [-0.25, -0.2) is 18.7 Å². The number of halogens is 2. The van der Waals surface area contributed by atoms with Gasteiger partial charge in [0, 0.05) is 42.3 Å². The zero-order valence-electron chi connectivity index (χ0n) is 18.3. The molecule has 34 heavy (non-hydrogen) atoms. The van der Waals surface area contributed by atoms with Crippen molar-refractivity contribution in [2.45, 2.75) is 11.5 Å². The summed E-state index contributed by atoms with van der Waals surface area (Å²) in [5.41, 5.74) is 3.50. The van der Waals surface area contributed by atoms with E-state index in [2.05, 4.69) is 28.2 Å². The number of hydrogen-bond donors (Lipinski definition) is 0. The third-order valence-corrected chi connectivity index (χ3v) is 6.86. The summed E-state index contributed by atoms with van der Waals surface area (Å²) < 4.78 is 39.4. The lowest BCUT2D eigenvalue weighted by Crippen LogP contribution is -2.49. The second kappa shape index (κ2) is 8.11. The standard InChI is InChI=1S/C25H22F2N4O3/c26-20-3-1-2-18(23(20)27)17-9-28-24(29-10-17)31-12-25(13-33-14-25)19-5-4-16(8-21(19)31)22-11-30(15-32)6-7-34-22/h1-5,8-10,15,22H,6-7,11-14H2. The summed E-state index contributed by atoms with van der Waals surface area (Å²) >= 11 is 0. The van der Waals surface area contributed by atoms with Gasteiger partial charge in [-0.05, 0) is 23.3 Å². The van der Waals surface area contributed by atoms with Crippen LogP contribution in [0.1, 0.15) is 17.2 Å². The van der Waals surface area contributed by atoms with Crippen LogP contribution in [0.4, 0.5) is 20.4 Å². The molecule has 0 saturated carbocycles. The second-order valence-electron chi connectivity index (χ2n) is 8.97. The van der Waals surface area contributed by atoms with E-state index in [1.165, 1.54) is 24.5 Å². The lowest BCUT2D eigenvalue weighted by molar-refractivity contribution is -0.125. The molecule has 1 spiro atoms. The van der Waals surface area contributed by atoms with Crippen LogP contribution in [0, 0.1) is 11.6 Å². The van der Waals surface area contributed by atoms with Gasteiger partial charge in [0.25, 0.3) is 0 Å². The number of benzene rings is 2. The van der Waals surface area contributed by atoms with Crippen LogP contribution >= 0.6 is 0 Å². The number of anilines is 2. The first-order chi connectivity index (χ1) is 16.6. The smallest absolute Gasteiger partial charge is 0.229 e. The molecule has 0 radical (unpaired) electrons. The van der Waals surface area contributed by atoms with Crippen molar-refractivity contribution in [2.75, 3.05) is 44.4 Å². The molecule has 2 fully saturated rings. The Morgan fingerprint density at radius 1 is 1.12 bits per heavy atom. The Bertz CT molecular complexity index is 1250. The van der Waals surface area contributed by atoms with E-state index in [0.717, 1.165) is 29.3 Å². The van der Waals surface area contributed by atoms with E-state index >= 15 is 0 Å². The number of hydrogen-bond acceptors (Lipinski definition) is 6. The summed E-state index contributed by atoms with van der Waals surface area (Å²) in [5.74, 6) is -1.35. The van der Waals surface area contributed by atoms with Gasteiger partial charge in [0.1, 0.15) is 6.10 Å². The van der Waals surface area contributed by atoms with Gasteiger partial charge < -0.3 is 19.3 Å². The van der Waals surface area contributed by atoms with E-state index in [0.29, 0.717) is 51.0 Å². The number of ether oxygens (including phenoxy) is 2. The zero-order valence-corrected chi connectivity index (χ0v) is 18.3. The summed E-state index contributed by atoms with van der Waals surface area (Å²) in [6.07, 6.45) is 3.67. The number of morpholine rings is 1. The number of aromatic nitrogens is 2. The molecule has 9 heteroatoms. The van der Waals surface area contributed by atoms with E-state index in [1.807, 2.05) is 4.90 Å². The van der Waals surface area contributed by atoms with Crippen molar-refractivity contribution in [3.8, 4) is 11.1 Å². The van der Waals surface area contributed by atoms with Crippen molar-refractivity contribution in [2.24, 2.45) is 0 Å². The number of carbonyl (C=O) groups excluding carboxylic acids is 1. The van der Waals surface area contributed by atoms with Crippen LogP contribution in [0.25, 0.3) is 11.1 Å². The highest BCUT2D eigenvalue weighted by Crippen LogP contribution is 2.48. The van der Waals surface area contributed by atoms with Crippen molar-refractivity contribution in [3.05, 3.63) is 71.6 Å². The molecular formula is C25H22F2N4O3. The predicted molar refractivity (Wildman–Crippen MR) is 120 cm³/mol. The Morgan fingerprint density at radius 2 is 1.94 bits per heavy atom. The summed E-state index contributed by atoms with van der Waals surface area (Å²) in [6, 6.07) is 10.3. The Balaban J connectivity index is 1.35. The van der Waals surface area contributed by atoms with Gasteiger partial charge >= 0.3 is 0 Å². The molecule has 3 aromatic rings. The van der Waals surface area contributed by atoms with Crippen LogP contribution in [0.5, 0.6) is 0 Å². The highest BCUT2D eigenvalue weighted by Gasteiger charge is 2.49. The quantitative estimate of drug-likeness (QED) is 0.552. The predicted octanol–water partition coefficient (Wildman–Crippen LogP) is 3.37. The number of amides is 1. The molecule has 1 amide bonds. The molecule has 174 valence electrons. The van der Waals surface area contributed by atoms with E-state index in [-0.39, 0.29) is 17.1 Å². The number of carbonyl (C=O) groups is 1. The van der Waals surface area contributed by atoms with Crippen LogP contribution in [0.3, 0.4) is 0 Å². The fourth-order valence-corrected chi connectivity index (χ4v) is 4.96. The Labute approximate surface area is 194 Å². The minimum atomic E-state index is -0.919. The third-order valence-electron chi connectivity index (χ3n) is 6.86. The van der Waals surface area contributed by atoms with E-state index in [9.17, 15) is 13.6 Å². The van der Waals surface area contributed by atoms with Crippen LogP contribution < -0.4 is 4.90 Å². The fourth-order valence-electron chi connectivity index (χ4n) is 4.96. The normalized spacial score (nSPS) is 20.8. The Morgan fingerprint density at radius 3 is 2.68 bits per heavy atom. The largest absolute Gasteiger partial charge is 0.379 e. The summed E-state index contributed by atoms with van der Waals surface area (Å²) in [5, 5.41) is 0. The van der Waals surface area contributed by atoms with Crippen molar-refractivity contribution >= 4 is 18.0 Å².